The van der Waals surface area contributed by atoms with E-state index in [1.807, 2.05) is 0 Å². The van der Waals surface area contributed by atoms with Gasteiger partial charge in [0.2, 0.25) is 0 Å². The molecule has 1 aliphatic carbocycles. The second-order valence-electron chi connectivity index (χ2n) is 9.90. The van der Waals surface area contributed by atoms with Gasteiger partial charge >= 0.3 is 0 Å². The summed E-state index contributed by atoms with van der Waals surface area (Å²) in [5, 5.41) is 9.48. The summed E-state index contributed by atoms with van der Waals surface area (Å²) in [5.41, 5.74) is 3.97. The SMILES string of the molecule is CCCCCCCCOc1ccc(-c2ccc([C@H]3CC[C@H](C(C#N)CCC)CC3)cc2)cc1. The highest BCUT2D eigenvalue weighted by Crippen LogP contribution is 2.40. The summed E-state index contributed by atoms with van der Waals surface area (Å²) in [7, 11) is 0. The van der Waals surface area contributed by atoms with Crippen LogP contribution in [0.25, 0.3) is 11.1 Å². The van der Waals surface area contributed by atoms with Crippen molar-refractivity contribution < 1.29 is 4.74 Å². The Hall–Kier alpha value is -2.27. The average molecular weight is 446 g/mol. The van der Waals surface area contributed by atoms with Crippen LogP contribution in [0.1, 0.15) is 102 Å². The van der Waals surface area contributed by atoms with Crippen LogP contribution in [0.2, 0.25) is 0 Å². The Morgan fingerprint density at radius 2 is 1.39 bits per heavy atom. The first-order valence-corrected chi connectivity index (χ1v) is 13.5. The van der Waals surface area contributed by atoms with Gasteiger partial charge in [-0.05, 0) is 79.2 Å². The van der Waals surface area contributed by atoms with Crippen LogP contribution in [0.15, 0.2) is 48.5 Å². The van der Waals surface area contributed by atoms with Crippen molar-refractivity contribution >= 4 is 0 Å². The van der Waals surface area contributed by atoms with Crippen LogP contribution in [-0.2, 0) is 0 Å². The number of nitriles is 1. The summed E-state index contributed by atoms with van der Waals surface area (Å²) < 4.78 is 5.93. The molecule has 0 amide bonds. The predicted molar refractivity (Wildman–Crippen MR) is 139 cm³/mol. The Balaban J connectivity index is 1.45. The molecule has 0 aromatic heterocycles. The molecule has 0 N–H and O–H groups in total. The molecule has 0 bridgehead atoms. The molecule has 1 aliphatic rings. The van der Waals surface area contributed by atoms with E-state index in [0.29, 0.717) is 11.8 Å². The molecule has 1 unspecified atom stereocenters. The zero-order valence-electron chi connectivity index (χ0n) is 20.9. The first kappa shape index (κ1) is 25.4. The number of rotatable bonds is 13. The minimum Gasteiger partial charge on any atom is -0.494 e. The zero-order valence-corrected chi connectivity index (χ0v) is 20.9. The highest BCUT2D eigenvalue weighted by atomic mass is 16.5. The zero-order chi connectivity index (χ0) is 23.3. The molecule has 0 aliphatic heterocycles. The van der Waals surface area contributed by atoms with Crippen molar-refractivity contribution in [3.63, 3.8) is 0 Å². The van der Waals surface area contributed by atoms with Gasteiger partial charge in [0.15, 0.2) is 0 Å². The second-order valence-corrected chi connectivity index (χ2v) is 9.90. The number of hydrogen-bond acceptors (Lipinski definition) is 2. The molecule has 2 heteroatoms. The molecule has 0 saturated heterocycles. The van der Waals surface area contributed by atoms with Crippen LogP contribution in [0.5, 0.6) is 5.75 Å². The number of unbranched alkanes of at least 4 members (excludes halogenated alkanes) is 5. The van der Waals surface area contributed by atoms with E-state index in [1.54, 1.807) is 0 Å². The van der Waals surface area contributed by atoms with Crippen molar-refractivity contribution in [2.24, 2.45) is 11.8 Å². The van der Waals surface area contributed by atoms with Gasteiger partial charge in [0.25, 0.3) is 0 Å². The van der Waals surface area contributed by atoms with E-state index in [0.717, 1.165) is 31.6 Å². The predicted octanol–water partition coefficient (Wildman–Crippen LogP) is 9.31. The Bertz CT molecular complexity index is 825. The third kappa shape index (κ3) is 7.92. The van der Waals surface area contributed by atoms with Gasteiger partial charge in [-0.1, -0.05) is 88.8 Å². The molecular weight excluding hydrogens is 402 g/mol. The second kappa shape index (κ2) is 14.1. The van der Waals surface area contributed by atoms with Crippen LogP contribution >= 0.6 is 0 Å². The minimum atomic E-state index is 0.260. The Labute approximate surface area is 202 Å². The Kier molecular flexibility index (Phi) is 10.8. The van der Waals surface area contributed by atoms with Gasteiger partial charge in [0.05, 0.1) is 12.7 Å². The van der Waals surface area contributed by atoms with Gasteiger partial charge in [0.1, 0.15) is 5.75 Å². The van der Waals surface area contributed by atoms with Crippen LogP contribution < -0.4 is 4.74 Å². The summed E-state index contributed by atoms with van der Waals surface area (Å²) in [6.45, 7) is 5.26. The molecule has 33 heavy (non-hydrogen) atoms. The van der Waals surface area contributed by atoms with E-state index >= 15 is 0 Å². The van der Waals surface area contributed by atoms with Crippen molar-refractivity contribution in [1.82, 2.24) is 0 Å². The van der Waals surface area contributed by atoms with Gasteiger partial charge in [-0.3, -0.25) is 0 Å². The molecule has 2 nitrogen and oxygen atoms in total. The molecule has 3 rings (SSSR count). The topological polar surface area (TPSA) is 33.0 Å². The third-order valence-corrected chi connectivity index (χ3v) is 7.44. The number of ether oxygens (including phenoxy) is 1. The van der Waals surface area contributed by atoms with Gasteiger partial charge in [-0.2, -0.15) is 5.26 Å². The molecule has 178 valence electrons. The van der Waals surface area contributed by atoms with Crippen molar-refractivity contribution in [3.8, 4) is 22.9 Å². The van der Waals surface area contributed by atoms with E-state index in [1.165, 1.54) is 74.5 Å². The van der Waals surface area contributed by atoms with Crippen LogP contribution in [0.4, 0.5) is 0 Å². The minimum absolute atomic E-state index is 0.260. The highest BCUT2D eigenvalue weighted by Gasteiger charge is 2.27. The fourth-order valence-corrected chi connectivity index (χ4v) is 5.34. The molecule has 2 aromatic rings. The Morgan fingerprint density at radius 3 is 2.00 bits per heavy atom. The molecule has 0 radical (unpaired) electrons. The third-order valence-electron chi connectivity index (χ3n) is 7.44. The molecule has 0 spiro atoms. The fraction of sp³-hybridized carbons (Fsp3) is 0.581. The smallest absolute Gasteiger partial charge is 0.119 e. The standard InChI is InChI=1S/C31H43NO/c1-3-5-6-7-8-9-23-33-31-21-19-28(20-22-31)27-13-11-25(12-14-27)26-15-17-29(18-16-26)30(24-32)10-4-2/h11-14,19-22,26,29-30H,3-10,15-18,23H2,1-2H3/t26-,29-,30?. The molecule has 1 atom stereocenters. The summed E-state index contributed by atoms with van der Waals surface area (Å²) in [6.07, 6.45) is 14.8. The Morgan fingerprint density at radius 1 is 0.788 bits per heavy atom. The molecular formula is C31H43NO. The van der Waals surface area contributed by atoms with Crippen molar-refractivity contribution in [3.05, 3.63) is 54.1 Å². The summed E-state index contributed by atoms with van der Waals surface area (Å²) in [5.74, 6) is 2.48. The molecule has 2 aromatic carbocycles. The van der Waals surface area contributed by atoms with Crippen molar-refractivity contribution in [1.29, 1.82) is 5.26 Å². The van der Waals surface area contributed by atoms with Crippen LogP contribution in [-0.4, -0.2) is 6.61 Å². The lowest BCUT2D eigenvalue weighted by Crippen LogP contribution is -2.20. The lowest BCUT2D eigenvalue weighted by molar-refractivity contribution is 0.259. The lowest BCUT2D eigenvalue weighted by atomic mass is 9.73. The van der Waals surface area contributed by atoms with Gasteiger partial charge in [-0.25, -0.2) is 0 Å². The number of hydrogen-bond donors (Lipinski definition) is 0. The fourth-order valence-electron chi connectivity index (χ4n) is 5.34. The van der Waals surface area contributed by atoms with Gasteiger partial charge < -0.3 is 4.74 Å². The van der Waals surface area contributed by atoms with Crippen LogP contribution in [0, 0.1) is 23.2 Å². The maximum atomic E-state index is 9.48. The number of benzene rings is 2. The largest absolute Gasteiger partial charge is 0.494 e. The number of nitrogens with zero attached hydrogens (tertiary/aromatic N) is 1. The van der Waals surface area contributed by atoms with Gasteiger partial charge in [-0.15, -0.1) is 0 Å². The molecule has 1 saturated carbocycles. The summed E-state index contributed by atoms with van der Waals surface area (Å²) >= 11 is 0. The average Bonchev–Trinajstić information content (AvgIpc) is 2.87. The highest BCUT2D eigenvalue weighted by molar-refractivity contribution is 5.64. The van der Waals surface area contributed by atoms with E-state index < -0.39 is 0 Å². The van der Waals surface area contributed by atoms with E-state index in [4.69, 9.17) is 4.74 Å². The lowest BCUT2D eigenvalue weighted by Gasteiger charge is -2.31. The first-order valence-electron chi connectivity index (χ1n) is 13.5. The summed E-state index contributed by atoms with van der Waals surface area (Å²) in [6, 6.07) is 20.3. The van der Waals surface area contributed by atoms with Crippen molar-refractivity contribution in [2.45, 2.75) is 96.8 Å². The van der Waals surface area contributed by atoms with Gasteiger partial charge in [0, 0.05) is 5.92 Å². The monoisotopic (exact) mass is 445 g/mol. The normalized spacial score (nSPS) is 19.1. The van der Waals surface area contributed by atoms with Crippen LogP contribution in [0.3, 0.4) is 0 Å². The van der Waals surface area contributed by atoms with Crippen molar-refractivity contribution in [2.75, 3.05) is 6.61 Å². The van der Waals surface area contributed by atoms with E-state index in [-0.39, 0.29) is 5.92 Å². The molecule has 1 fully saturated rings. The van der Waals surface area contributed by atoms with E-state index in [9.17, 15) is 5.26 Å². The van der Waals surface area contributed by atoms with E-state index in [2.05, 4.69) is 68.4 Å². The summed E-state index contributed by atoms with van der Waals surface area (Å²) in [4.78, 5) is 0. The molecule has 0 heterocycles. The quantitative estimate of drug-likeness (QED) is 0.288. The maximum absolute atomic E-state index is 9.48. The first-order chi connectivity index (χ1) is 16.2. The maximum Gasteiger partial charge on any atom is 0.119 e.